The van der Waals surface area contributed by atoms with E-state index in [0.717, 1.165) is 28.9 Å². The molecule has 0 aromatic heterocycles. The Balaban J connectivity index is 2.31. The second kappa shape index (κ2) is 10.8. The van der Waals surface area contributed by atoms with Crippen molar-refractivity contribution < 1.29 is 4.74 Å². The average molecular weight is 296 g/mol. The molecule has 0 fully saturated rings. The van der Waals surface area contributed by atoms with Crippen LogP contribution in [0.3, 0.4) is 0 Å². The summed E-state index contributed by atoms with van der Waals surface area (Å²) in [6.07, 6.45) is 21.3. The van der Waals surface area contributed by atoms with Gasteiger partial charge in [0.25, 0.3) is 0 Å². The fourth-order valence-corrected chi connectivity index (χ4v) is 2.49. The molecule has 0 saturated heterocycles. The summed E-state index contributed by atoms with van der Waals surface area (Å²) >= 11 is 0. The molecule has 0 aliphatic heterocycles. The summed E-state index contributed by atoms with van der Waals surface area (Å²) in [5.74, 6) is 6.09. The van der Waals surface area contributed by atoms with Gasteiger partial charge in [0.1, 0.15) is 5.75 Å². The summed E-state index contributed by atoms with van der Waals surface area (Å²) in [7, 11) is 0. The highest BCUT2D eigenvalue weighted by Crippen LogP contribution is 2.23. The van der Waals surface area contributed by atoms with Crippen molar-refractivity contribution in [2.45, 2.75) is 65.2 Å². The van der Waals surface area contributed by atoms with Crippen LogP contribution in [0.5, 0.6) is 5.75 Å². The molecule has 1 heteroatoms. The first-order valence-corrected chi connectivity index (χ1v) is 8.43. The van der Waals surface area contributed by atoms with E-state index in [2.05, 4.69) is 18.8 Å². The topological polar surface area (TPSA) is 9.23 Å². The summed E-state index contributed by atoms with van der Waals surface area (Å²) < 4.78 is 5.83. The zero-order chi connectivity index (χ0) is 16.2. The highest BCUT2D eigenvalue weighted by molar-refractivity contribution is 5.54. The maximum Gasteiger partial charge on any atom is 0.136 e. The van der Waals surface area contributed by atoms with Gasteiger partial charge in [-0.05, 0) is 31.0 Å². The van der Waals surface area contributed by atoms with Gasteiger partial charge in [0, 0.05) is 5.56 Å². The van der Waals surface area contributed by atoms with Crippen molar-refractivity contribution in [3.8, 4) is 30.4 Å². The van der Waals surface area contributed by atoms with Crippen LogP contribution in [0.1, 0.15) is 75.0 Å². The van der Waals surface area contributed by atoms with Gasteiger partial charge in [0.05, 0.1) is 12.2 Å². The Morgan fingerprint density at radius 3 is 2.05 bits per heavy atom. The van der Waals surface area contributed by atoms with E-state index in [4.69, 9.17) is 17.6 Å². The molecule has 1 nitrogen and oxygen atoms in total. The molecule has 0 bridgehead atoms. The fourth-order valence-electron chi connectivity index (χ4n) is 2.49. The molecule has 0 unspecified atom stereocenters. The van der Waals surface area contributed by atoms with E-state index in [0.29, 0.717) is 6.61 Å². The van der Waals surface area contributed by atoms with Crippen LogP contribution in [0, 0.1) is 31.6 Å². The van der Waals surface area contributed by atoms with Crippen LogP contribution < -0.4 is 4.74 Å². The smallest absolute Gasteiger partial charge is 0.136 e. The lowest BCUT2D eigenvalue weighted by Crippen LogP contribution is -2.00. The second-order valence-electron chi connectivity index (χ2n) is 5.78. The Morgan fingerprint density at radius 2 is 1.45 bits per heavy atom. The average Bonchev–Trinajstić information content (AvgIpc) is 2.54. The first-order valence-electron chi connectivity index (χ1n) is 8.43. The van der Waals surface area contributed by atoms with Crippen molar-refractivity contribution >= 4 is 0 Å². The minimum absolute atomic E-state index is 0.705. The van der Waals surface area contributed by atoms with Gasteiger partial charge in [0.15, 0.2) is 0 Å². The highest BCUT2D eigenvalue weighted by Gasteiger charge is 2.06. The number of hydrogen-bond acceptors (Lipinski definition) is 1. The first kappa shape index (κ1) is 18.2. The van der Waals surface area contributed by atoms with Gasteiger partial charge >= 0.3 is 0 Å². The predicted octanol–water partition coefficient (Wildman–Crippen LogP) is 5.48. The maximum atomic E-state index is 5.83. The van der Waals surface area contributed by atoms with Crippen molar-refractivity contribution in [2.75, 3.05) is 6.61 Å². The predicted molar refractivity (Wildman–Crippen MR) is 95.2 cm³/mol. The normalized spacial score (nSPS) is 10.0. The zero-order valence-corrected chi connectivity index (χ0v) is 14.1. The van der Waals surface area contributed by atoms with Crippen molar-refractivity contribution in [1.29, 1.82) is 0 Å². The maximum absolute atomic E-state index is 5.83. The van der Waals surface area contributed by atoms with Crippen LogP contribution in [0.25, 0.3) is 0 Å². The van der Waals surface area contributed by atoms with Gasteiger partial charge in [-0.1, -0.05) is 63.7 Å². The van der Waals surface area contributed by atoms with E-state index >= 15 is 0 Å². The Kier molecular flexibility index (Phi) is 8.94. The molecule has 0 atom stereocenters. The third kappa shape index (κ3) is 6.28. The van der Waals surface area contributed by atoms with Crippen LogP contribution in [-0.2, 0) is 0 Å². The number of rotatable bonds is 10. The van der Waals surface area contributed by atoms with Gasteiger partial charge in [-0.25, -0.2) is 0 Å². The third-order valence-electron chi connectivity index (χ3n) is 3.89. The number of aryl methyl sites for hydroxylation is 1. The van der Waals surface area contributed by atoms with E-state index in [1.165, 1.54) is 44.9 Å². The summed E-state index contributed by atoms with van der Waals surface area (Å²) in [5, 5.41) is 0. The van der Waals surface area contributed by atoms with E-state index in [-0.39, 0.29) is 0 Å². The summed E-state index contributed by atoms with van der Waals surface area (Å²) in [6, 6.07) is 3.81. The molecule has 0 heterocycles. The van der Waals surface area contributed by atoms with Crippen LogP contribution in [0.2, 0.25) is 0 Å². The van der Waals surface area contributed by atoms with Gasteiger partial charge in [-0.2, -0.15) is 0 Å². The minimum Gasteiger partial charge on any atom is -0.492 e. The van der Waals surface area contributed by atoms with Crippen LogP contribution in [0.4, 0.5) is 0 Å². The minimum atomic E-state index is 0.705. The molecule has 1 aromatic carbocycles. The molecule has 0 N–H and O–H groups in total. The molecular weight excluding hydrogens is 268 g/mol. The lowest BCUT2D eigenvalue weighted by Gasteiger charge is -2.10. The molecule has 1 rings (SSSR count). The molecule has 22 heavy (non-hydrogen) atoms. The molecule has 1 aromatic rings. The highest BCUT2D eigenvalue weighted by atomic mass is 16.5. The molecule has 0 radical (unpaired) electrons. The molecule has 0 spiro atoms. The standard InChI is InChI=1S/C21H28O/c1-5-8-9-10-11-12-13-14-15-22-21-17-19(6-2)18(4)16-20(21)7-3/h2-3,16-17H,5,8-15H2,1,4H3. The van der Waals surface area contributed by atoms with E-state index < -0.39 is 0 Å². The van der Waals surface area contributed by atoms with Crippen molar-refractivity contribution in [3.63, 3.8) is 0 Å². The van der Waals surface area contributed by atoms with Crippen LogP contribution in [-0.4, -0.2) is 6.61 Å². The summed E-state index contributed by atoms with van der Waals surface area (Å²) in [5.41, 5.74) is 2.66. The fraction of sp³-hybridized carbons (Fsp3) is 0.524. The Hall–Kier alpha value is -1.86. The van der Waals surface area contributed by atoms with E-state index in [9.17, 15) is 0 Å². The Labute approximate surface area is 136 Å². The van der Waals surface area contributed by atoms with E-state index in [1.54, 1.807) is 0 Å². The Bertz CT molecular complexity index is 528. The first-order chi connectivity index (χ1) is 10.7. The van der Waals surface area contributed by atoms with Gasteiger partial charge in [-0.3, -0.25) is 0 Å². The molecule has 0 aliphatic rings. The van der Waals surface area contributed by atoms with Crippen molar-refractivity contribution in [3.05, 3.63) is 28.8 Å². The van der Waals surface area contributed by atoms with Gasteiger partial charge < -0.3 is 4.74 Å². The van der Waals surface area contributed by atoms with Crippen molar-refractivity contribution in [2.24, 2.45) is 0 Å². The van der Waals surface area contributed by atoms with Crippen LogP contribution in [0.15, 0.2) is 12.1 Å². The monoisotopic (exact) mass is 296 g/mol. The number of hydrogen-bond donors (Lipinski definition) is 0. The largest absolute Gasteiger partial charge is 0.492 e. The number of terminal acetylenes is 2. The van der Waals surface area contributed by atoms with E-state index in [1.807, 2.05) is 19.1 Å². The number of benzene rings is 1. The summed E-state index contributed by atoms with van der Waals surface area (Å²) in [6.45, 7) is 4.92. The van der Waals surface area contributed by atoms with Crippen molar-refractivity contribution in [1.82, 2.24) is 0 Å². The molecular formula is C21H28O. The lowest BCUT2D eigenvalue weighted by molar-refractivity contribution is 0.303. The molecule has 118 valence electrons. The van der Waals surface area contributed by atoms with Gasteiger partial charge in [-0.15, -0.1) is 12.8 Å². The van der Waals surface area contributed by atoms with Crippen LogP contribution >= 0.6 is 0 Å². The van der Waals surface area contributed by atoms with Gasteiger partial charge in [0.2, 0.25) is 0 Å². The Morgan fingerprint density at radius 1 is 0.864 bits per heavy atom. The quantitative estimate of drug-likeness (QED) is 0.410. The lowest BCUT2D eigenvalue weighted by atomic mass is 10.0. The SMILES string of the molecule is C#Cc1cc(OCCCCCCCCCC)c(C#C)cc1C. The molecule has 0 saturated carbocycles. The number of ether oxygens (including phenoxy) is 1. The zero-order valence-electron chi connectivity index (χ0n) is 14.1. The second-order valence-corrected chi connectivity index (χ2v) is 5.78. The molecule has 0 aliphatic carbocycles. The number of unbranched alkanes of at least 4 members (excludes halogenated alkanes) is 7. The third-order valence-corrected chi connectivity index (χ3v) is 3.89. The summed E-state index contributed by atoms with van der Waals surface area (Å²) in [4.78, 5) is 0. The molecule has 0 amide bonds.